The van der Waals surface area contributed by atoms with Crippen molar-refractivity contribution in [1.82, 2.24) is 0 Å². The SMILES string of the molecule is Cc1ccc(NC(c2ccccc2)C2CC2)cc1N(C)C. The molecule has 110 valence electrons. The van der Waals surface area contributed by atoms with Gasteiger partial charge in [0.15, 0.2) is 0 Å². The third-order valence-electron chi connectivity index (χ3n) is 4.27. The van der Waals surface area contributed by atoms with Crippen LogP contribution in [-0.2, 0) is 0 Å². The Morgan fingerprint density at radius 2 is 1.76 bits per heavy atom. The monoisotopic (exact) mass is 280 g/mol. The second kappa shape index (κ2) is 5.80. The van der Waals surface area contributed by atoms with Crippen molar-refractivity contribution in [3.63, 3.8) is 0 Å². The Bertz CT molecular complexity index is 600. The van der Waals surface area contributed by atoms with Crippen molar-refractivity contribution in [2.45, 2.75) is 25.8 Å². The van der Waals surface area contributed by atoms with E-state index in [1.54, 1.807) is 0 Å². The summed E-state index contributed by atoms with van der Waals surface area (Å²) < 4.78 is 0. The summed E-state index contributed by atoms with van der Waals surface area (Å²) in [7, 11) is 4.20. The molecule has 0 amide bonds. The second-order valence-corrected chi connectivity index (χ2v) is 6.27. The van der Waals surface area contributed by atoms with Crippen molar-refractivity contribution in [3.8, 4) is 0 Å². The van der Waals surface area contributed by atoms with E-state index >= 15 is 0 Å². The Morgan fingerprint density at radius 3 is 2.38 bits per heavy atom. The normalized spacial score (nSPS) is 15.6. The summed E-state index contributed by atoms with van der Waals surface area (Å²) in [4.78, 5) is 2.18. The van der Waals surface area contributed by atoms with Crippen molar-refractivity contribution >= 4 is 11.4 Å². The van der Waals surface area contributed by atoms with Gasteiger partial charge in [-0.15, -0.1) is 0 Å². The number of hydrogen-bond donors (Lipinski definition) is 1. The molecule has 0 radical (unpaired) electrons. The molecule has 2 aromatic carbocycles. The lowest BCUT2D eigenvalue weighted by Crippen LogP contribution is -2.14. The Kier molecular flexibility index (Phi) is 3.87. The zero-order chi connectivity index (χ0) is 14.8. The van der Waals surface area contributed by atoms with Gasteiger partial charge < -0.3 is 10.2 Å². The molecule has 1 fully saturated rings. The highest BCUT2D eigenvalue weighted by molar-refractivity contribution is 5.62. The number of rotatable bonds is 5. The van der Waals surface area contributed by atoms with Crippen LogP contribution in [0.15, 0.2) is 48.5 Å². The highest BCUT2D eigenvalue weighted by Crippen LogP contribution is 2.43. The van der Waals surface area contributed by atoms with Crippen LogP contribution in [0, 0.1) is 12.8 Å². The van der Waals surface area contributed by atoms with E-state index in [0.717, 1.165) is 5.92 Å². The number of nitrogens with zero attached hydrogens (tertiary/aromatic N) is 1. The fourth-order valence-electron chi connectivity index (χ4n) is 2.92. The predicted octanol–water partition coefficient (Wildman–Crippen LogP) is 4.62. The minimum Gasteiger partial charge on any atom is -0.378 e. The molecule has 1 aliphatic carbocycles. The summed E-state index contributed by atoms with van der Waals surface area (Å²) in [6, 6.07) is 17.9. The van der Waals surface area contributed by atoms with Gasteiger partial charge >= 0.3 is 0 Å². The van der Waals surface area contributed by atoms with Gasteiger partial charge in [0.25, 0.3) is 0 Å². The van der Waals surface area contributed by atoms with Crippen LogP contribution in [0.1, 0.15) is 30.0 Å². The fraction of sp³-hybridized carbons (Fsp3) is 0.368. The van der Waals surface area contributed by atoms with Gasteiger partial charge in [-0.25, -0.2) is 0 Å². The molecule has 1 unspecified atom stereocenters. The Morgan fingerprint density at radius 1 is 1.05 bits per heavy atom. The van der Waals surface area contributed by atoms with Crippen LogP contribution < -0.4 is 10.2 Å². The van der Waals surface area contributed by atoms with Gasteiger partial charge in [0.2, 0.25) is 0 Å². The van der Waals surface area contributed by atoms with Gasteiger partial charge in [-0.2, -0.15) is 0 Å². The smallest absolute Gasteiger partial charge is 0.0542 e. The van der Waals surface area contributed by atoms with Gasteiger partial charge in [0.1, 0.15) is 0 Å². The van der Waals surface area contributed by atoms with Crippen molar-refractivity contribution in [1.29, 1.82) is 0 Å². The van der Waals surface area contributed by atoms with Crippen LogP contribution in [0.5, 0.6) is 0 Å². The molecule has 0 saturated heterocycles. The lowest BCUT2D eigenvalue weighted by atomic mass is 10.0. The van der Waals surface area contributed by atoms with Gasteiger partial charge in [0.05, 0.1) is 6.04 Å². The van der Waals surface area contributed by atoms with Crippen molar-refractivity contribution in [2.24, 2.45) is 5.92 Å². The molecule has 2 heteroatoms. The maximum atomic E-state index is 3.75. The summed E-state index contributed by atoms with van der Waals surface area (Å²) in [6.45, 7) is 2.16. The Labute approximate surface area is 127 Å². The molecule has 0 heterocycles. The van der Waals surface area contributed by atoms with E-state index in [4.69, 9.17) is 0 Å². The molecule has 2 aromatic rings. The average Bonchev–Trinajstić information content (AvgIpc) is 3.31. The highest BCUT2D eigenvalue weighted by Gasteiger charge is 2.32. The first-order valence-corrected chi connectivity index (χ1v) is 7.74. The van der Waals surface area contributed by atoms with E-state index in [9.17, 15) is 0 Å². The molecule has 0 spiro atoms. The lowest BCUT2D eigenvalue weighted by molar-refractivity contribution is 0.679. The quantitative estimate of drug-likeness (QED) is 0.859. The first kappa shape index (κ1) is 14.0. The molecule has 0 aromatic heterocycles. The van der Waals surface area contributed by atoms with Crippen LogP contribution in [0.25, 0.3) is 0 Å². The van der Waals surface area contributed by atoms with Crippen LogP contribution >= 0.6 is 0 Å². The number of hydrogen-bond acceptors (Lipinski definition) is 2. The van der Waals surface area contributed by atoms with Gasteiger partial charge in [0, 0.05) is 25.5 Å². The van der Waals surface area contributed by atoms with Crippen LogP contribution in [0.2, 0.25) is 0 Å². The largest absolute Gasteiger partial charge is 0.378 e. The zero-order valence-corrected chi connectivity index (χ0v) is 13.1. The van der Waals surface area contributed by atoms with E-state index in [1.165, 1.54) is 35.3 Å². The van der Waals surface area contributed by atoms with Crippen LogP contribution in [0.4, 0.5) is 11.4 Å². The van der Waals surface area contributed by atoms with E-state index < -0.39 is 0 Å². The zero-order valence-electron chi connectivity index (χ0n) is 13.1. The maximum Gasteiger partial charge on any atom is 0.0542 e. The third kappa shape index (κ3) is 3.21. The van der Waals surface area contributed by atoms with Gasteiger partial charge in [-0.3, -0.25) is 0 Å². The Balaban J connectivity index is 1.85. The first-order chi connectivity index (χ1) is 10.1. The maximum absolute atomic E-state index is 3.75. The van der Waals surface area contributed by atoms with Crippen molar-refractivity contribution < 1.29 is 0 Å². The molecular formula is C19H24N2. The van der Waals surface area contributed by atoms with E-state index in [-0.39, 0.29) is 0 Å². The summed E-state index contributed by atoms with van der Waals surface area (Å²) in [5.41, 5.74) is 5.20. The topological polar surface area (TPSA) is 15.3 Å². The van der Waals surface area contributed by atoms with Gasteiger partial charge in [-0.05, 0) is 48.9 Å². The molecule has 21 heavy (non-hydrogen) atoms. The van der Waals surface area contributed by atoms with Crippen LogP contribution in [-0.4, -0.2) is 14.1 Å². The summed E-state index contributed by atoms with van der Waals surface area (Å²) in [5, 5.41) is 3.75. The highest BCUT2D eigenvalue weighted by atomic mass is 15.1. The summed E-state index contributed by atoms with van der Waals surface area (Å²) in [5.74, 6) is 0.775. The Hall–Kier alpha value is -1.96. The molecule has 0 aliphatic heterocycles. The molecule has 1 N–H and O–H groups in total. The number of nitrogens with one attached hydrogen (secondary N) is 1. The molecule has 2 nitrogen and oxygen atoms in total. The molecule has 1 atom stereocenters. The summed E-state index contributed by atoms with van der Waals surface area (Å²) >= 11 is 0. The van der Waals surface area contributed by atoms with Crippen molar-refractivity contribution in [3.05, 3.63) is 59.7 Å². The molecule has 1 aliphatic rings. The van der Waals surface area contributed by atoms with Gasteiger partial charge in [-0.1, -0.05) is 36.4 Å². The molecule has 3 rings (SSSR count). The van der Waals surface area contributed by atoms with E-state index in [1.807, 2.05) is 0 Å². The molecule has 0 bridgehead atoms. The number of anilines is 2. The second-order valence-electron chi connectivity index (χ2n) is 6.27. The minimum absolute atomic E-state index is 0.434. The first-order valence-electron chi connectivity index (χ1n) is 7.74. The standard InChI is InChI=1S/C19H24N2/c1-14-9-12-17(13-18(14)21(2)3)20-19(16-10-11-16)15-7-5-4-6-8-15/h4-9,12-13,16,19-20H,10-11H2,1-3H3. The van der Waals surface area contributed by atoms with E-state index in [2.05, 4.69) is 79.8 Å². The van der Waals surface area contributed by atoms with E-state index in [0.29, 0.717) is 6.04 Å². The molecular weight excluding hydrogens is 256 g/mol. The number of aryl methyl sites for hydroxylation is 1. The number of benzene rings is 2. The van der Waals surface area contributed by atoms with Crippen LogP contribution in [0.3, 0.4) is 0 Å². The molecule has 1 saturated carbocycles. The summed E-state index contributed by atoms with van der Waals surface area (Å²) in [6.07, 6.45) is 2.66. The van der Waals surface area contributed by atoms with Crippen molar-refractivity contribution in [2.75, 3.05) is 24.3 Å². The minimum atomic E-state index is 0.434. The third-order valence-corrected chi connectivity index (χ3v) is 4.27. The lowest BCUT2D eigenvalue weighted by Gasteiger charge is -2.22. The average molecular weight is 280 g/mol. The predicted molar refractivity (Wildman–Crippen MR) is 91.0 cm³/mol. The fourth-order valence-corrected chi connectivity index (χ4v) is 2.92.